The molecule has 0 radical (unpaired) electrons. The fourth-order valence-corrected chi connectivity index (χ4v) is 2.11. The van der Waals surface area contributed by atoms with Crippen molar-refractivity contribution in [1.82, 2.24) is 5.32 Å². The van der Waals surface area contributed by atoms with E-state index in [1.807, 2.05) is 31.2 Å². The molecule has 2 rings (SSSR count). The number of hydrogen-bond acceptors (Lipinski definition) is 4. The van der Waals surface area contributed by atoms with Gasteiger partial charge in [-0.15, -0.1) is 0 Å². The lowest BCUT2D eigenvalue weighted by Gasteiger charge is -2.18. The third-order valence-electron chi connectivity index (χ3n) is 3.45. The first kappa shape index (κ1) is 16.5. The fourth-order valence-electron chi connectivity index (χ4n) is 2.11. The van der Waals surface area contributed by atoms with Crippen LogP contribution in [-0.4, -0.2) is 19.0 Å². The number of amides is 1. The van der Waals surface area contributed by atoms with Crippen molar-refractivity contribution in [1.29, 1.82) is 0 Å². The average molecular weight is 314 g/mol. The van der Waals surface area contributed by atoms with E-state index in [0.29, 0.717) is 10.3 Å². The summed E-state index contributed by atoms with van der Waals surface area (Å²) in [6, 6.07) is 9.89. The van der Waals surface area contributed by atoms with Crippen LogP contribution in [0.5, 0.6) is 0 Å². The molecule has 0 aliphatic heterocycles. The number of carbonyl (C=O) groups is 2. The van der Waals surface area contributed by atoms with E-state index in [9.17, 15) is 14.8 Å². The average Bonchev–Trinajstić information content (AvgIpc) is 2.55. The maximum absolute atomic E-state index is 12.3. The Bertz CT molecular complexity index is 681. The Balaban J connectivity index is 2.19. The number of methoxy groups -OCH3 is 1. The van der Waals surface area contributed by atoms with Crippen molar-refractivity contribution in [3.8, 4) is 0 Å². The molecule has 0 unspecified atom stereocenters. The summed E-state index contributed by atoms with van der Waals surface area (Å²) < 4.78 is 5.29. The molecule has 0 saturated heterocycles. The number of hydrogen-bond donors (Lipinski definition) is 1. The molecule has 0 aliphatic rings. The first-order valence-electron chi connectivity index (χ1n) is 7.12. The fraction of sp³-hybridized carbons (Fsp3) is 0.235. The SMILES string of the molecule is COC(=O)C[C@@H](NC(=O)c1cc[n+]([O-])cc1)c1ccc(C)cc1. The number of rotatable bonds is 5. The predicted octanol–water partition coefficient (Wildman–Crippen LogP) is 1.66. The predicted molar refractivity (Wildman–Crippen MR) is 83.4 cm³/mol. The molecule has 6 nitrogen and oxygen atoms in total. The quantitative estimate of drug-likeness (QED) is 0.517. The Morgan fingerprint density at radius 2 is 1.78 bits per heavy atom. The number of nitrogens with zero attached hydrogens (tertiary/aromatic N) is 1. The van der Waals surface area contributed by atoms with Crippen LogP contribution in [0.4, 0.5) is 0 Å². The summed E-state index contributed by atoms with van der Waals surface area (Å²) in [6.07, 6.45) is 2.52. The van der Waals surface area contributed by atoms with Crippen LogP contribution in [-0.2, 0) is 9.53 Å². The minimum absolute atomic E-state index is 0.0275. The van der Waals surface area contributed by atoms with E-state index in [-0.39, 0.29) is 12.3 Å². The molecule has 1 aromatic carbocycles. The van der Waals surface area contributed by atoms with Crippen LogP contribution in [0.2, 0.25) is 0 Å². The highest BCUT2D eigenvalue weighted by Crippen LogP contribution is 2.19. The molecule has 1 heterocycles. The largest absolute Gasteiger partial charge is 0.619 e. The van der Waals surface area contributed by atoms with Crippen LogP contribution in [0.25, 0.3) is 0 Å². The first-order chi connectivity index (χ1) is 11.0. The van der Waals surface area contributed by atoms with Gasteiger partial charge in [0.25, 0.3) is 5.91 Å². The smallest absolute Gasteiger partial charge is 0.307 e. The van der Waals surface area contributed by atoms with Crippen LogP contribution in [0.3, 0.4) is 0 Å². The molecule has 0 spiro atoms. The number of carbonyl (C=O) groups excluding carboxylic acids is 2. The van der Waals surface area contributed by atoms with E-state index >= 15 is 0 Å². The van der Waals surface area contributed by atoms with Crippen molar-refractivity contribution in [2.75, 3.05) is 7.11 Å². The van der Waals surface area contributed by atoms with Gasteiger partial charge in [0.1, 0.15) is 0 Å². The van der Waals surface area contributed by atoms with Gasteiger partial charge in [0.05, 0.1) is 25.1 Å². The Hall–Kier alpha value is -2.89. The second-order valence-corrected chi connectivity index (χ2v) is 5.16. The van der Waals surface area contributed by atoms with Crippen LogP contribution in [0.1, 0.15) is 33.9 Å². The molecular formula is C17H18N2O4. The zero-order chi connectivity index (χ0) is 16.8. The zero-order valence-electron chi connectivity index (χ0n) is 13.0. The summed E-state index contributed by atoms with van der Waals surface area (Å²) >= 11 is 0. The summed E-state index contributed by atoms with van der Waals surface area (Å²) in [6.45, 7) is 1.96. The summed E-state index contributed by atoms with van der Waals surface area (Å²) in [4.78, 5) is 23.9. The van der Waals surface area contributed by atoms with E-state index in [1.165, 1.54) is 31.6 Å². The number of aromatic nitrogens is 1. The summed E-state index contributed by atoms with van der Waals surface area (Å²) in [5.74, 6) is -0.776. The standard InChI is InChI=1S/C17H18N2O4/c1-12-3-5-13(6-4-12)15(11-16(20)23-2)18-17(21)14-7-9-19(22)10-8-14/h3-10,15H,11H2,1-2H3,(H,18,21)/t15-/m1/s1. The van der Waals surface area contributed by atoms with Gasteiger partial charge in [0, 0.05) is 12.1 Å². The van der Waals surface area contributed by atoms with Crippen molar-refractivity contribution >= 4 is 11.9 Å². The van der Waals surface area contributed by atoms with E-state index in [1.54, 1.807) is 0 Å². The minimum Gasteiger partial charge on any atom is -0.619 e. The molecule has 0 fully saturated rings. The van der Waals surface area contributed by atoms with Gasteiger partial charge >= 0.3 is 5.97 Å². The molecule has 6 heteroatoms. The Morgan fingerprint density at radius 3 is 2.35 bits per heavy atom. The molecule has 23 heavy (non-hydrogen) atoms. The third-order valence-corrected chi connectivity index (χ3v) is 3.45. The molecule has 1 atom stereocenters. The number of nitrogens with one attached hydrogen (secondary N) is 1. The van der Waals surface area contributed by atoms with Gasteiger partial charge in [-0.2, -0.15) is 4.73 Å². The molecule has 0 aliphatic carbocycles. The second kappa shape index (κ2) is 7.40. The normalized spacial score (nSPS) is 11.6. The van der Waals surface area contributed by atoms with Gasteiger partial charge in [-0.25, -0.2) is 0 Å². The van der Waals surface area contributed by atoms with Gasteiger partial charge in [-0.1, -0.05) is 29.8 Å². The van der Waals surface area contributed by atoms with Crippen molar-refractivity contribution in [3.05, 3.63) is 70.7 Å². The lowest BCUT2D eigenvalue weighted by molar-refractivity contribution is -0.605. The van der Waals surface area contributed by atoms with Crippen molar-refractivity contribution in [2.45, 2.75) is 19.4 Å². The minimum atomic E-state index is -0.505. The van der Waals surface area contributed by atoms with Crippen LogP contribution in [0, 0.1) is 12.1 Å². The Morgan fingerprint density at radius 1 is 1.17 bits per heavy atom. The molecule has 2 aromatic rings. The van der Waals surface area contributed by atoms with Crippen molar-refractivity contribution < 1.29 is 19.1 Å². The molecule has 1 aromatic heterocycles. The molecule has 0 saturated carbocycles. The number of aryl methyl sites for hydroxylation is 1. The van der Waals surface area contributed by atoms with Gasteiger partial charge in [-0.05, 0) is 12.5 Å². The number of ether oxygens (including phenoxy) is 1. The first-order valence-corrected chi connectivity index (χ1v) is 7.12. The third kappa shape index (κ3) is 4.54. The molecule has 1 N–H and O–H groups in total. The van der Waals surface area contributed by atoms with Gasteiger partial charge in [0.15, 0.2) is 12.4 Å². The molecule has 120 valence electrons. The van der Waals surface area contributed by atoms with E-state index in [2.05, 4.69) is 5.32 Å². The van der Waals surface area contributed by atoms with Crippen LogP contribution in [0.15, 0.2) is 48.8 Å². The topological polar surface area (TPSA) is 82.3 Å². The van der Waals surface area contributed by atoms with Gasteiger partial charge in [-0.3, -0.25) is 9.59 Å². The molecule has 1 amide bonds. The van der Waals surface area contributed by atoms with E-state index < -0.39 is 12.0 Å². The number of pyridine rings is 1. The maximum atomic E-state index is 12.3. The highest BCUT2D eigenvalue weighted by molar-refractivity contribution is 5.94. The lowest BCUT2D eigenvalue weighted by Crippen LogP contribution is -2.31. The van der Waals surface area contributed by atoms with E-state index in [0.717, 1.165) is 11.1 Å². The molecule has 0 bridgehead atoms. The van der Waals surface area contributed by atoms with Gasteiger partial charge < -0.3 is 15.3 Å². The number of benzene rings is 1. The Kier molecular flexibility index (Phi) is 5.30. The maximum Gasteiger partial charge on any atom is 0.307 e. The number of esters is 1. The Labute approximate surface area is 134 Å². The second-order valence-electron chi connectivity index (χ2n) is 5.16. The van der Waals surface area contributed by atoms with Crippen molar-refractivity contribution in [3.63, 3.8) is 0 Å². The van der Waals surface area contributed by atoms with Crippen molar-refractivity contribution in [2.24, 2.45) is 0 Å². The van der Waals surface area contributed by atoms with E-state index in [4.69, 9.17) is 4.74 Å². The summed E-state index contributed by atoms with van der Waals surface area (Å²) in [5.41, 5.74) is 2.24. The van der Waals surface area contributed by atoms with Crippen LogP contribution >= 0.6 is 0 Å². The monoisotopic (exact) mass is 314 g/mol. The summed E-state index contributed by atoms with van der Waals surface area (Å²) in [7, 11) is 1.31. The van der Waals surface area contributed by atoms with Crippen LogP contribution < -0.4 is 10.0 Å². The molecular weight excluding hydrogens is 296 g/mol. The van der Waals surface area contributed by atoms with Gasteiger partial charge in [0.2, 0.25) is 0 Å². The highest BCUT2D eigenvalue weighted by atomic mass is 16.5. The summed E-state index contributed by atoms with van der Waals surface area (Å²) in [5, 5.41) is 13.8. The zero-order valence-corrected chi connectivity index (χ0v) is 13.0. The lowest BCUT2D eigenvalue weighted by atomic mass is 10.0. The highest BCUT2D eigenvalue weighted by Gasteiger charge is 2.20.